The van der Waals surface area contributed by atoms with E-state index in [2.05, 4.69) is 15.8 Å². The summed E-state index contributed by atoms with van der Waals surface area (Å²) in [5, 5.41) is 7.31. The lowest BCUT2D eigenvalue weighted by atomic mass is 9.53. The molecule has 24 heavy (non-hydrogen) atoms. The Morgan fingerprint density at radius 2 is 1.71 bits per heavy atom. The van der Waals surface area contributed by atoms with Crippen molar-refractivity contribution in [1.82, 2.24) is 10.7 Å². The van der Waals surface area contributed by atoms with E-state index >= 15 is 0 Å². The number of carbonyl (C=O) groups is 1. The van der Waals surface area contributed by atoms with E-state index in [0.29, 0.717) is 0 Å². The number of amides is 2. The maximum Gasteiger partial charge on any atom is 0.335 e. The summed E-state index contributed by atoms with van der Waals surface area (Å²) in [4.78, 5) is 12.3. The Morgan fingerprint density at radius 3 is 2.25 bits per heavy atom. The minimum Gasteiger partial charge on any atom is -0.497 e. The van der Waals surface area contributed by atoms with Crippen LogP contribution in [0.15, 0.2) is 29.4 Å². The SMILES string of the molecule is COc1ccc(C=NNC(=O)NC23CC4CC(CC(C4)C2)C3)cc1. The van der Waals surface area contributed by atoms with E-state index in [-0.39, 0.29) is 11.6 Å². The van der Waals surface area contributed by atoms with Gasteiger partial charge in [0.1, 0.15) is 5.75 Å². The summed E-state index contributed by atoms with van der Waals surface area (Å²) in [5.41, 5.74) is 3.57. The molecule has 0 saturated heterocycles. The first-order valence-electron chi connectivity index (χ1n) is 8.89. The van der Waals surface area contributed by atoms with Crippen molar-refractivity contribution in [2.45, 2.75) is 44.1 Å². The topological polar surface area (TPSA) is 62.7 Å². The van der Waals surface area contributed by atoms with Crippen molar-refractivity contribution in [3.05, 3.63) is 29.8 Å². The molecule has 4 aliphatic carbocycles. The maximum atomic E-state index is 12.3. The molecular weight excluding hydrogens is 302 g/mol. The summed E-state index contributed by atoms with van der Waals surface area (Å²) < 4.78 is 5.12. The highest BCUT2D eigenvalue weighted by molar-refractivity contribution is 5.82. The molecule has 0 atom stereocenters. The highest BCUT2D eigenvalue weighted by Gasteiger charge is 2.51. The molecule has 4 fully saturated rings. The van der Waals surface area contributed by atoms with Crippen molar-refractivity contribution < 1.29 is 9.53 Å². The summed E-state index contributed by atoms with van der Waals surface area (Å²) >= 11 is 0. The number of nitrogens with one attached hydrogen (secondary N) is 2. The van der Waals surface area contributed by atoms with Gasteiger partial charge in [0.2, 0.25) is 0 Å². The van der Waals surface area contributed by atoms with Crippen LogP contribution in [0.4, 0.5) is 4.79 Å². The molecule has 0 aliphatic heterocycles. The van der Waals surface area contributed by atoms with E-state index < -0.39 is 0 Å². The molecule has 0 aromatic heterocycles. The highest BCUT2D eigenvalue weighted by atomic mass is 16.5. The average Bonchev–Trinajstić information content (AvgIpc) is 2.53. The lowest BCUT2D eigenvalue weighted by Gasteiger charge is -2.56. The molecule has 0 unspecified atom stereocenters. The van der Waals surface area contributed by atoms with E-state index in [1.807, 2.05) is 24.3 Å². The van der Waals surface area contributed by atoms with Gasteiger partial charge in [-0.3, -0.25) is 0 Å². The predicted molar refractivity (Wildman–Crippen MR) is 93.2 cm³/mol. The zero-order valence-electron chi connectivity index (χ0n) is 14.1. The van der Waals surface area contributed by atoms with E-state index in [1.54, 1.807) is 13.3 Å². The predicted octanol–water partition coefficient (Wildman–Crippen LogP) is 3.30. The second kappa shape index (κ2) is 6.11. The Bertz CT molecular complexity index is 603. The summed E-state index contributed by atoms with van der Waals surface area (Å²) in [7, 11) is 1.64. The van der Waals surface area contributed by atoms with Crippen LogP contribution in [0.3, 0.4) is 0 Å². The molecule has 0 heterocycles. The van der Waals surface area contributed by atoms with Crippen molar-refractivity contribution in [3.8, 4) is 5.75 Å². The number of rotatable bonds is 4. The highest BCUT2D eigenvalue weighted by Crippen LogP contribution is 2.55. The largest absolute Gasteiger partial charge is 0.497 e. The first-order valence-corrected chi connectivity index (χ1v) is 8.89. The molecule has 4 bridgehead atoms. The van der Waals surface area contributed by atoms with E-state index in [0.717, 1.165) is 48.3 Å². The fraction of sp³-hybridized carbons (Fsp3) is 0.579. The summed E-state index contributed by atoms with van der Waals surface area (Å²) in [6, 6.07) is 7.37. The van der Waals surface area contributed by atoms with E-state index in [1.165, 1.54) is 19.3 Å². The standard InChI is InChI=1S/C19H25N3O2/c1-24-17-4-2-13(3-5-17)12-20-22-18(23)21-19-9-14-6-15(10-19)8-16(7-14)11-19/h2-5,12,14-16H,6-11H2,1H3,(H2,21,22,23). The number of hydrogen-bond donors (Lipinski definition) is 2. The van der Waals surface area contributed by atoms with Crippen molar-refractivity contribution in [1.29, 1.82) is 0 Å². The number of ether oxygens (including phenoxy) is 1. The van der Waals surface area contributed by atoms with Gasteiger partial charge in [-0.05, 0) is 86.1 Å². The Morgan fingerprint density at radius 1 is 1.12 bits per heavy atom. The summed E-state index contributed by atoms with van der Waals surface area (Å²) in [5.74, 6) is 3.26. The fourth-order valence-electron chi connectivity index (χ4n) is 5.39. The summed E-state index contributed by atoms with van der Waals surface area (Å²) in [6.07, 6.45) is 9.21. The van der Waals surface area contributed by atoms with E-state index in [9.17, 15) is 4.79 Å². The molecule has 2 N–H and O–H groups in total. The van der Waals surface area contributed by atoms with Crippen LogP contribution < -0.4 is 15.5 Å². The van der Waals surface area contributed by atoms with Crippen LogP contribution in [0.5, 0.6) is 5.75 Å². The average molecular weight is 327 g/mol. The first kappa shape index (κ1) is 15.5. The third-order valence-corrected chi connectivity index (χ3v) is 5.91. The van der Waals surface area contributed by atoms with Gasteiger partial charge in [-0.1, -0.05) is 0 Å². The molecule has 5 nitrogen and oxygen atoms in total. The molecule has 4 saturated carbocycles. The van der Waals surface area contributed by atoms with Crippen molar-refractivity contribution in [3.63, 3.8) is 0 Å². The molecule has 0 radical (unpaired) electrons. The van der Waals surface area contributed by atoms with Gasteiger partial charge < -0.3 is 10.1 Å². The van der Waals surface area contributed by atoms with Gasteiger partial charge in [-0.25, -0.2) is 10.2 Å². The van der Waals surface area contributed by atoms with Crippen LogP contribution in [-0.4, -0.2) is 24.9 Å². The van der Waals surface area contributed by atoms with Crippen LogP contribution in [-0.2, 0) is 0 Å². The molecule has 5 rings (SSSR count). The molecule has 4 aliphatic rings. The van der Waals surface area contributed by atoms with Crippen LogP contribution in [0.2, 0.25) is 0 Å². The number of urea groups is 1. The third kappa shape index (κ3) is 3.12. The number of nitrogens with zero attached hydrogens (tertiary/aromatic N) is 1. The number of hydrazone groups is 1. The maximum absolute atomic E-state index is 12.3. The van der Waals surface area contributed by atoms with E-state index in [4.69, 9.17) is 4.74 Å². The smallest absolute Gasteiger partial charge is 0.335 e. The number of methoxy groups -OCH3 is 1. The van der Waals surface area contributed by atoms with Crippen LogP contribution in [0.25, 0.3) is 0 Å². The number of hydrogen-bond acceptors (Lipinski definition) is 3. The first-order chi connectivity index (χ1) is 11.6. The second-order valence-electron chi connectivity index (χ2n) is 7.80. The molecular formula is C19H25N3O2. The fourth-order valence-corrected chi connectivity index (χ4v) is 5.39. The Hall–Kier alpha value is -2.04. The molecule has 1 aromatic carbocycles. The molecule has 128 valence electrons. The Balaban J connectivity index is 1.32. The van der Waals surface area contributed by atoms with Crippen molar-refractivity contribution in [2.75, 3.05) is 7.11 Å². The second-order valence-corrected chi connectivity index (χ2v) is 7.80. The van der Waals surface area contributed by atoms with Gasteiger partial charge in [0, 0.05) is 5.54 Å². The Kier molecular flexibility index (Phi) is 3.94. The van der Waals surface area contributed by atoms with Crippen LogP contribution in [0.1, 0.15) is 44.1 Å². The van der Waals surface area contributed by atoms with Gasteiger partial charge in [0.15, 0.2) is 0 Å². The minimum atomic E-state index is -0.179. The quantitative estimate of drug-likeness (QED) is 0.658. The molecule has 1 aromatic rings. The van der Waals surface area contributed by atoms with Gasteiger partial charge in [0.05, 0.1) is 13.3 Å². The molecule has 5 heteroatoms. The summed E-state index contributed by atoms with van der Waals surface area (Å²) in [6.45, 7) is 0. The number of carbonyl (C=O) groups excluding carboxylic acids is 1. The third-order valence-electron chi connectivity index (χ3n) is 5.91. The monoisotopic (exact) mass is 327 g/mol. The lowest BCUT2D eigenvalue weighted by Crippen LogP contribution is -2.61. The van der Waals surface area contributed by atoms with Crippen LogP contribution in [0, 0.1) is 17.8 Å². The number of benzene rings is 1. The van der Waals surface area contributed by atoms with Gasteiger partial charge >= 0.3 is 6.03 Å². The minimum absolute atomic E-state index is 0.0223. The van der Waals surface area contributed by atoms with Crippen LogP contribution >= 0.6 is 0 Å². The zero-order valence-corrected chi connectivity index (χ0v) is 14.1. The van der Waals surface area contributed by atoms with Gasteiger partial charge in [-0.15, -0.1) is 0 Å². The van der Waals surface area contributed by atoms with Gasteiger partial charge in [0.25, 0.3) is 0 Å². The normalized spacial score (nSPS) is 33.6. The van der Waals surface area contributed by atoms with Crippen molar-refractivity contribution >= 4 is 12.2 Å². The Labute approximate surface area is 142 Å². The van der Waals surface area contributed by atoms with Crippen molar-refractivity contribution in [2.24, 2.45) is 22.9 Å². The van der Waals surface area contributed by atoms with Gasteiger partial charge in [-0.2, -0.15) is 5.10 Å². The molecule has 2 amide bonds. The lowest BCUT2D eigenvalue weighted by molar-refractivity contribution is -0.0135. The zero-order chi connectivity index (χ0) is 16.6. The molecule has 0 spiro atoms.